The van der Waals surface area contributed by atoms with E-state index in [4.69, 9.17) is 34.8 Å². The van der Waals surface area contributed by atoms with Crippen LogP contribution in [0.1, 0.15) is 10.4 Å². The molecule has 122 valence electrons. The Morgan fingerprint density at radius 1 is 1.12 bits per heavy atom. The minimum atomic E-state index is -0.454. The zero-order valence-corrected chi connectivity index (χ0v) is 15.5. The molecule has 0 aliphatic heterocycles. The molecule has 0 heterocycles. The average Bonchev–Trinajstić information content (AvgIpc) is 2.56. The van der Waals surface area contributed by atoms with Crippen LogP contribution < -0.4 is 5.32 Å². The van der Waals surface area contributed by atoms with Gasteiger partial charge in [0.25, 0.3) is 0 Å². The maximum absolute atomic E-state index is 12.7. The quantitative estimate of drug-likeness (QED) is 0.379. The van der Waals surface area contributed by atoms with E-state index in [2.05, 4.69) is 5.32 Å². The fraction of sp³-hybridized carbons (Fsp3) is 0.0588. The van der Waals surface area contributed by atoms with E-state index >= 15 is 0 Å². The fourth-order valence-corrected chi connectivity index (χ4v) is 3.15. The number of Topliss-reactive ketones (excluding diaryl/α,β-unsaturated/α-hetero) is 1. The predicted molar refractivity (Wildman–Crippen MR) is 102 cm³/mol. The number of ketones is 1. The molecule has 2 aromatic carbocycles. The molecule has 0 saturated carbocycles. The second-order valence-electron chi connectivity index (χ2n) is 4.58. The lowest BCUT2D eigenvalue weighted by Gasteiger charge is -2.13. The summed E-state index contributed by atoms with van der Waals surface area (Å²) in [6.07, 6.45) is 1.75. The third-order valence-electron chi connectivity index (χ3n) is 3.07. The van der Waals surface area contributed by atoms with Gasteiger partial charge in [-0.1, -0.05) is 46.9 Å². The van der Waals surface area contributed by atoms with Gasteiger partial charge in [-0.15, -0.1) is 11.8 Å². The maximum atomic E-state index is 12.7. The summed E-state index contributed by atoms with van der Waals surface area (Å²) < 4.78 is 0. The van der Waals surface area contributed by atoms with E-state index < -0.39 is 5.78 Å². The van der Waals surface area contributed by atoms with Gasteiger partial charge in [-0.3, -0.25) is 4.79 Å². The second kappa shape index (κ2) is 8.46. The van der Waals surface area contributed by atoms with Crippen LogP contribution in [0.2, 0.25) is 15.1 Å². The third kappa shape index (κ3) is 4.25. The van der Waals surface area contributed by atoms with Crippen LogP contribution in [0.5, 0.6) is 0 Å². The van der Waals surface area contributed by atoms with Gasteiger partial charge in [0.1, 0.15) is 11.6 Å². The Hall–Kier alpha value is -1.64. The normalized spacial score (nSPS) is 11.5. The number of carbonyl (C=O) groups is 1. The highest BCUT2D eigenvalue weighted by Gasteiger charge is 2.20. The highest BCUT2D eigenvalue weighted by atomic mass is 35.5. The Kier molecular flexibility index (Phi) is 6.59. The number of allylic oxidation sites excluding steroid dienone is 1. The van der Waals surface area contributed by atoms with Gasteiger partial charge in [-0.25, -0.2) is 0 Å². The molecule has 2 rings (SSSR count). The zero-order valence-electron chi connectivity index (χ0n) is 12.4. The van der Waals surface area contributed by atoms with Crippen molar-refractivity contribution in [1.82, 2.24) is 0 Å². The number of anilines is 1. The molecule has 0 unspecified atom stereocenters. The Balaban J connectivity index is 2.45. The van der Waals surface area contributed by atoms with Crippen LogP contribution in [0.25, 0.3) is 0 Å². The Labute approximate surface area is 159 Å². The van der Waals surface area contributed by atoms with E-state index in [0.29, 0.717) is 25.8 Å². The molecule has 0 atom stereocenters. The lowest BCUT2D eigenvalue weighted by Crippen LogP contribution is -2.09. The molecular formula is C17H11Cl3N2OS. The van der Waals surface area contributed by atoms with Gasteiger partial charge in [-0.05, 0) is 36.6 Å². The minimum Gasteiger partial charge on any atom is -0.348 e. The Morgan fingerprint density at radius 2 is 1.83 bits per heavy atom. The molecule has 24 heavy (non-hydrogen) atoms. The number of nitriles is 1. The van der Waals surface area contributed by atoms with Gasteiger partial charge < -0.3 is 5.32 Å². The van der Waals surface area contributed by atoms with Crippen LogP contribution in [0, 0.1) is 11.3 Å². The summed E-state index contributed by atoms with van der Waals surface area (Å²) in [6, 6.07) is 13.5. The summed E-state index contributed by atoms with van der Waals surface area (Å²) in [5, 5.41) is 14.0. The number of rotatable bonds is 5. The van der Waals surface area contributed by atoms with Crippen molar-refractivity contribution < 1.29 is 4.79 Å². The molecular weight excluding hydrogens is 387 g/mol. The Bertz CT molecular complexity index is 859. The molecule has 3 nitrogen and oxygen atoms in total. The molecule has 0 aromatic heterocycles. The molecule has 0 spiro atoms. The first kappa shape index (κ1) is 18.7. The van der Waals surface area contributed by atoms with E-state index in [0.717, 1.165) is 0 Å². The van der Waals surface area contributed by atoms with Gasteiger partial charge in [0.15, 0.2) is 0 Å². The number of halogens is 3. The minimum absolute atomic E-state index is 0.0402. The van der Waals surface area contributed by atoms with Crippen LogP contribution >= 0.6 is 46.6 Å². The Morgan fingerprint density at radius 3 is 2.42 bits per heavy atom. The van der Waals surface area contributed by atoms with Crippen LogP contribution in [-0.2, 0) is 0 Å². The molecule has 0 amide bonds. The summed E-state index contributed by atoms with van der Waals surface area (Å²) >= 11 is 19.3. The molecule has 0 fully saturated rings. The van der Waals surface area contributed by atoms with Crippen LogP contribution in [-0.4, -0.2) is 12.0 Å². The number of benzene rings is 2. The molecule has 0 aliphatic carbocycles. The van der Waals surface area contributed by atoms with Crippen molar-refractivity contribution in [2.45, 2.75) is 0 Å². The van der Waals surface area contributed by atoms with Crippen LogP contribution in [0.4, 0.5) is 5.69 Å². The molecule has 7 heteroatoms. The van der Waals surface area contributed by atoms with E-state index in [1.54, 1.807) is 48.7 Å². The first-order valence-electron chi connectivity index (χ1n) is 6.67. The van der Waals surface area contributed by atoms with E-state index in [-0.39, 0.29) is 11.1 Å². The number of hydrogen-bond acceptors (Lipinski definition) is 4. The van der Waals surface area contributed by atoms with Crippen molar-refractivity contribution in [3.63, 3.8) is 0 Å². The van der Waals surface area contributed by atoms with E-state index in [1.165, 1.54) is 11.8 Å². The van der Waals surface area contributed by atoms with Crippen molar-refractivity contribution in [1.29, 1.82) is 5.26 Å². The predicted octanol–water partition coefficient (Wildman–Crippen LogP) is 6.04. The first-order chi connectivity index (χ1) is 11.5. The summed E-state index contributed by atoms with van der Waals surface area (Å²) in [7, 11) is 0. The van der Waals surface area contributed by atoms with Crippen molar-refractivity contribution in [3.8, 4) is 6.07 Å². The number of nitrogens with zero attached hydrogens (tertiary/aromatic N) is 1. The fourth-order valence-electron chi connectivity index (χ4n) is 1.91. The molecule has 0 aliphatic rings. The highest BCUT2D eigenvalue weighted by molar-refractivity contribution is 8.02. The third-order valence-corrected chi connectivity index (χ3v) is 4.66. The number of carbonyl (C=O) groups excluding carboxylic acids is 1. The maximum Gasteiger partial charge on any atom is 0.207 e. The number of nitrogens with one attached hydrogen (secondary N) is 1. The van der Waals surface area contributed by atoms with Gasteiger partial charge in [0, 0.05) is 10.6 Å². The smallest absolute Gasteiger partial charge is 0.207 e. The first-order valence-corrected chi connectivity index (χ1v) is 9.03. The van der Waals surface area contributed by atoms with Crippen LogP contribution in [0.3, 0.4) is 0 Å². The second-order valence-corrected chi connectivity index (χ2v) is 6.65. The summed E-state index contributed by atoms with van der Waals surface area (Å²) in [4.78, 5) is 12.7. The standard InChI is InChI=1S/C17H11Cl3N2OS/c1-24-17(22-15-7-6-10(18)8-14(15)20)12(9-21)16(23)11-4-2-3-5-13(11)19/h2-8,22H,1H3/b17-12+. The van der Waals surface area contributed by atoms with Crippen molar-refractivity contribution >= 4 is 58.0 Å². The zero-order chi connectivity index (χ0) is 17.7. The lowest BCUT2D eigenvalue weighted by molar-refractivity contribution is 0.103. The van der Waals surface area contributed by atoms with Gasteiger partial charge in [0.2, 0.25) is 5.78 Å². The van der Waals surface area contributed by atoms with Crippen molar-refractivity contribution in [2.75, 3.05) is 11.6 Å². The summed E-state index contributed by atoms with van der Waals surface area (Å²) in [5.41, 5.74) is 0.776. The monoisotopic (exact) mass is 396 g/mol. The highest BCUT2D eigenvalue weighted by Crippen LogP contribution is 2.30. The SMILES string of the molecule is CS/C(Nc1ccc(Cl)cc1Cl)=C(\C#N)C(=O)c1ccccc1Cl. The lowest BCUT2D eigenvalue weighted by atomic mass is 10.1. The molecule has 0 bridgehead atoms. The molecule has 0 saturated heterocycles. The topological polar surface area (TPSA) is 52.9 Å². The number of thioether (sulfide) groups is 1. The average molecular weight is 398 g/mol. The largest absolute Gasteiger partial charge is 0.348 e. The van der Waals surface area contributed by atoms with Gasteiger partial charge >= 0.3 is 0 Å². The van der Waals surface area contributed by atoms with Crippen LogP contribution in [0.15, 0.2) is 53.1 Å². The molecule has 1 N–H and O–H groups in total. The number of hydrogen-bond donors (Lipinski definition) is 1. The van der Waals surface area contributed by atoms with Gasteiger partial charge in [-0.2, -0.15) is 5.26 Å². The van der Waals surface area contributed by atoms with E-state index in [1.807, 2.05) is 6.07 Å². The van der Waals surface area contributed by atoms with Crippen molar-refractivity contribution in [2.24, 2.45) is 0 Å². The van der Waals surface area contributed by atoms with E-state index in [9.17, 15) is 10.1 Å². The van der Waals surface area contributed by atoms with Crippen molar-refractivity contribution in [3.05, 3.63) is 73.7 Å². The summed E-state index contributed by atoms with van der Waals surface area (Å²) in [6.45, 7) is 0. The summed E-state index contributed by atoms with van der Waals surface area (Å²) in [5.74, 6) is -0.454. The molecule has 2 aromatic rings. The van der Waals surface area contributed by atoms with Gasteiger partial charge in [0.05, 0.1) is 20.8 Å². The molecule has 0 radical (unpaired) electrons.